The summed E-state index contributed by atoms with van der Waals surface area (Å²) in [7, 11) is 0. The Morgan fingerprint density at radius 1 is 0.467 bits per heavy atom. The van der Waals surface area contributed by atoms with Crippen LogP contribution in [-0.4, -0.2) is 0 Å². The van der Waals surface area contributed by atoms with Crippen LogP contribution in [0.15, 0.2) is 158 Å². The van der Waals surface area contributed by atoms with Gasteiger partial charge in [-0.15, -0.1) is 0 Å². The van der Waals surface area contributed by atoms with Crippen molar-refractivity contribution in [3.8, 4) is 33.8 Å². The van der Waals surface area contributed by atoms with E-state index in [4.69, 9.17) is 4.74 Å². The fraction of sp³-hybridized carbons (Fsp3) is 0.0909. The number of fused-ring (bicyclic) bond motifs is 7. The van der Waals surface area contributed by atoms with E-state index in [9.17, 15) is 0 Å². The van der Waals surface area contributed by atoms with Crippen LogP contribution in [0.25, 0.3) is 33.0 Å². The minimum absolute atomic E-state index is 0.137. The Labute approximate surface area is 264 Å². The highest BCUT2D eigenvalue weighted by Crippen LogP contribution is 2.58. The number of hydrogen-bond acceptors (Lipinski definition) is 1. The van der Waals surface area contributed by atoms with Gasteiger partial charge < -0.3 is 4.74 Å². The van der Waals surface area contributed by atoms with E-state index in [0.29, 0.717) is 0 Å². The van der Waals surface area contributed by atoms with Crippen LogP contribution in [0.2, 0.25) is 0 Å². The van der Waals surface area contributed by atoms with Crippen molar-refractivity contribution in [1.82, 2.24) is 0 Å². The molecule has 45 heavy (non-hydrogen) atoms. The predicted octanol–water partition coefficient (Wildman–Crippen LogP) is 11.3. The number of benzene rings is 7. The Balaban J connectivity index is 1.30. The molecule has 0 bridgehead atoms. The molecule has 1 nitrogen and oxygen atoms in total. The van der Waals surface area contributed by atoms with Crippen molar-refractivity contribution in [3.63, 3.8) is 0 Å². The summed E-state index contributed by atoms with van der Waals surface area (Å²) in [6.07, 6.45) is 0. The van der Waals surface area contributed by atoms with Crippen LogP contribution < -0.4 is 4.74 Å². The molecule has 0 N–H and O–H groups in total. The zero-order chi connectivity index (χ0) is 30.2. The maximum absolute atomic E-state index is 6.95. The van der Waals surface area contributed by atoms with Gasteiger partial charge in [-0.05, 0) is 61.8 Å². The third-order valence-corrected chi connectivity index (χ3v) is 10.2. The van der Waals surface area contributed by atoms with Crippen LogP contribution in [0.4, 0.5) is 0 Å². The van der Waals surface area contributed by atoms with Crippen molar-refractivity contribution in [3.05, 3.63) is 191 Å². The van der Waals surface area contributed by atoms with Gasteiger partial charge in [0.1, 0.15) is 11.5 Å². The molecule has 0 atom stereocenters. The quantitative estimate of drug-likeness (QED) is 0.203. The third-order valence-electron chi connectivity index (χ3n) is 10.2. The van der Waals surface area contributed by atoms with Crippen LogP contribution in [0.3, 0.4) is 0 Å². The Hall–Kier alpha value is -5.40. The summed E-state index contributed by atoms with van der Waals surface area (Å²) < 4.78 is 6.95. The first kappa shape index (κ1) is 26.0. The van der Waals surface area contributed by atoms with Gasteiger partial charge in [0, 0.05) is 22.1 Å². The van der Waals surface area contributed by atoms with E-state index in [0.717, 1.165) is 28.2 Å². The molecule has 0 fully saturated rings. The van der Waals surface area contributed by atoms with E-state index in [1.807, 2.05) is 0 Å². The largest absolute Gasteiger partial charge is 0.456 e. The molecule has 2 aliphatic rings. The standard InChI is InChI=1S/C44H32O/c1-43(2)39-28-30(25-26-35(39)36-27-24-29-14-9-10-19-33(29)41(36)43)34-20-13-22-38-42(34)45-40-23-12-11-21-37(40)44(38,31-15-5-3-6-16-31)32-17-7-4-8-18-32/h3-28H,1-2H3. The van der Waals surface area contributed by atoms with Gasteiger partial charge in [-0.25, -0.2) is 0 Å². The molecule has 9 rings (SSSR count). The SMILES string of the molecule is CC1(C)c2cc(-c3cccc4c3Oc3ccccc3C4(c3ccccc3)c3ccccc3)ccc2-c2ccc3ccccc3c21. The van der Waals surface area contributed by atoms with E-state index < -0.39 is 5.41 Å². The van der Waals surface area contributed by atoms with Gasteiger partial charge in [-0.1, -0.05) is 159 Å². The second kappa shape index (κ2) is 9.55. The van der Waals surface area contributed by atoms with Crippen LogP contribution in [-0.2, 0) is 10.8 Å². The molecule has 1 aliphatic heterocycles. The van der Waals surface area contributed by atoms with E-state index in [-0.39, 0.29) is 5.41 Å². The van der Waals surface area contributed by atoms with E-state index in [2.05, 4.69) is 172 Å². The molecule has 0 saturated carbocycles. The number of hydrogen-bond donors (Lipinski definition) is 0. The average molecular weight is 577 g/mol. The number of rotatable bonds is 3. The molecule has 0 aromatic heterocycles. The first-order chi connectivity index (χ1) is 22.1. The lowest BCUT2D eigenvalue weighted by molar-refractivity contribution is 0.436. The minimum Gasteiger partial charge on any atom is -0.456 e. The topological polar surface area (TPSA) is 9.23 Å². The van der Waals surface area contributed by atoms with Crippen LogP contribution in [0.5, 0.6) is 11.5 Å². The second-order valence-corrected chi connectivity index (χ2v) is 12.9. The zero-order valence-corrected chi connectivity index (χ0v) is 25.4. The Morgan fingerprint density at radius 2 is 1.11 bits per heavy atom. The summed E-state index contributed by atoms with van der Waals surface area (Å²) >= 11 is 0. The third kappa shape index (κ3) is 3.56. The Morgan fingerprint density at radius 3 is 1.89 bits per heavy atom. The zero-order valence-electron chi connectivity index (χ0n) is 25.4. The van der Waals surface area contributed by atoms with E-state index >= 15 is 0 Å². The fourth-order valence-corrected chi connectivity index (χ4v) is 8.22. The minimum atomic E-state index is -0.534. The lowest BCUT2D eigenvalue weighted by atomic mass is 9.63. The van der Waals surface area contributed by atoms with Crippen molar-refractivity contribution in [2.24, 2.45) is 0 Å². The fourth-order valence-electron chi connectivity index (χ4n) is 8.22. The highest BCUT2D eigenvalue weighted by molar-refractivity contribution is 5.98. The molecule has 0 unspecified atom stereocenters. The molecule has 0 amide bonds. The lowest BCUT2D eigenvalue weighted by Gasteiger charge is -2.42. The highest BCUT2D eigenvalue weighted by Gasteiger charge is 2.46. The maximum Gasteiger partial charge on any atom is 0.140 e. The molecule has 0 saturated heterocycles. The van der Waals surface area contributed by atoms with Gasteiger partial charge in [0.15, 0.2) is 0 Å². The molecule has 1 heterocycles. The molecule has 0 spiro atoms. The van der Waals surface area contributed by atoms with E-state index in [1.165, 1.54) is 49.7 Å². The molecule has 0 radical (unpaired) electrons. The highest BCUT2D eigenvalue weighted by atomic mass is 16.5. The van der Waals surface area contributed by atoms with Crippen molar-refractivity contribution in [1.29, 1.82) is 0 Å². The van der Waals surface area contributed by atoms with Crippen molar-refractivity contribution < 1.29 is 4.74 Å². The molecular formula is C44H32O. The first-order valence-corrected chi connectivity index (χ1v) is 15.8. The second-order valence-electron chi connectivity index (χ2n) is 12.9. The summed E-state index contributed by atoms with van der Waals surface area (Å²) in [5, 5.41) is 2.63. The maximum atomic E-state index is 6.95. The van der Waals surface area contributed by atoms with Gasteiger partial charge in [0.2, 0.25) is 0 Å². The monoisotopic (exact) mass is 576 g/mol. The number of para-hydroxylation sites is 2. The van der Waals surface area contributed by atoms with Crippen molar-refractivity contribution in [2.75, 3.05) is 0 Å². The van der Waals surface area contributed by atoms with Gasteiger partial charge >= 0.3 is 0 Å². The summed E-state index contributed by atoms with van der Waals surface area (Å²) in [6.45, 7) is 4.74. The number of ether oxygens (including phenoxy) is 1. The molecular weight excluding hydrogens is 544 g/mol. The van der Waals surface area contributed by atoms with Gasteiger partial charge in [-0.2, -0.15) is 0 Å². The molecule has 214 valence electrons. The molecule has 1 aliphatic carbocycles. The summed E-state index contributed by atoms with van der Waals surface area (Å²) in [5.74, 6) is 1.81. The van der Waals surface area contributed by atoms with Crippen LogP contribution in [0.1, 0.15) is 47.2 Å². The summed E-state index contributed by atoms with van der Waals surface area (Å²) in [4.78, 5) is 0. The first-order valence-electron chi connectivity index (χ1n) is 15.8. The van der Waals surface area contributed by atoms with Crippen LogP contribution >= 0.6 is 0 Å². The molecule has 7 aromatic rings. The van der Waals surface area contributed by atoms with E-state index in [1.54, 1.807) is 0 Å². The van der Waals surface area contributed by atoms with Gasteiger partial charge in [0.25, 0.3) is 0 Å². The van der Waals surface area contributed by atoms with Gasteiger partial charge in [0.05, 0.1) is 5.41 Å². The predicted molar refractivity (Wildman–Crippen MR) is 185 cm³/mol. The Bertz CT molecular complexity index is 2220. The van der Waals surface area contributed by atoms with Crippen LogP contribution in [0, 0.1) is 0 Å². The normalized spacial score (nSPS) is 15.0. The van der Waals surface area contributed by atoms with Crippen molar-refractivity contribution in [2.45, 2.75) is 24.7 Å². The lowest BCUT2D eigenvalue weighted by Crippen LogP contribution is -2.34. The average Bonchev–Trinajstić information content (AvgIpc) is 3.33. The summed E-state index contributed by atoms with van der Waals surface area (Å²) in [5.41, 5.74) is 11.8. The molecule has 1 heteroatoms. The Kier molecular flexibility index (Phi) is 5.53. The summed E-state index contributed by atoms with van der Waals surface area (Å²) in [6, 6.07) is 57.4. The molecule has 7 aromatic carbocycles. The van der Waals surface area contributed by atoms with Crippen molar-refractivity contribution >= 4 is 10.8 Å². The van der Waals surface area contributed by atoms with Gasteiger partial charge in [-0.3, -0.25) is 0 Å². The smallest absolute Gasteiger partial charge is 0.140 e.